The summed E-state index contributed by atoms with van der Waals surface area (Å²) in [5, 5.41) is 9.68. The SMILES string of the molecule is CCN(C(=O)O)c1ncc2c(c1Cl)-c1ccc(OCC(C)(N)CC(C)C)cc1CO2. The van der Waals surface area contributed by atoms with Crippen molar-refractivity contribution in [2.45, 2.75) is 46.3 Å². The third kappa shape index (κ3) is 4.63. The van der Waals surface area contributed by atoms with Gasteiger partial charge in [-0.2, -0.15) is 0 Å². The minimum atomic E-state index is -1.11. The van der Waals surface area contributed by atoms with E-state index in [0.29, 0.717) is 36.2 Å². The largest absolute Gasteiger partial charge is 0.492 e. The Morgan fingerprint density at radius 3 is 2.83 bits per heavy atom. The molecule has 7 nitrogen and oxygen atoms in total. The first-order valence-electron chi connectivity index (χ1n) is 9.99. The number of hydrogen-bond donors (Lipinski definition) is 2. The highest BCUT2D eigenvalue weighted by atomic mass is 35.5. The number of benzene rings is 1. The lowest BCUT2D eigenvalue weighted by Gasteiger charge is -2.28. The number of nitrogens with two attached hydrogens (primary N) is 1. The molecule has 1 amide bonds. The predicted octanol–water partition coefficient (Wildman–Crippen LogP) is 4.94. The fraction of sp³-hybridized carbons (Fsp3) is 0.455. The van der Waals surface area contributed by atoms with Gasteiger partial charge in [-0.05, 0) is 43.9 Å². The molecular formula is C22H28ClN3O4. The molecular weight excluding hydrogens is 406 g/mol. The van der Waals surface area contributed by atoms with Gasteiger partial charge in [-0.15, -0.1) is 0 Å². The molecule has 162 valence electrons. The van der Waals surface area contributed by atoms with E-state index in [1.54, 1.807) is 6.92 Å². The predicted molar refractivity (Wildman–Crippen MR) is 118 cm³/mol. The van der Waals surface area contributed by atoms with Crippen molar-refractivity contribution in [2.75, 3.05) is 18.1 Å². The second-order valence-electron chi connectivity index (χ2n) is 8.31. The first-order chi connectivity index (χ1) is 14.1. The summed E-state index contributed by atoms with van der Waals surface area (Å²) in [7, 11) is 0. The number of halogens is 1. The van der Waals surface area contributed by atoms with Crippen LogP contribution in [0.15, 0.2) is 24.4 Å². The van der Waals surface area contributed by atoms with Gasteiger partial charge in [0.2, 0.25) is 0 Å². The summed E-state index contributed by atoms with van der Waals surface area (Å²) < 4.78 is 11.8. The lowest BCUT2D eigenvalue weighted by atomic mass is 9.93. The van der Waals surface area contributed by atoms with Gasteiger partial charge in [-0.3, -0.25) is 4.90 Å². The standard InChI is InChI=1S/C22H28ClN3O4/c1-5-26(21(27)28)20-19(23)18-16-7-6-15(30-12-22(4,24)9-13(2)3)8-14(16)11-29-17(18)10-25-20/h6-8,10,13H,5,9,11-12,24H2,1-4H3,(H,27,28). The molecule has 0 saturated carbocycles. The van der Waals surface area contributed by atoms with Gasteiger partial charge < -0.3 is 20.3 Å². The van der Waals surface area contributed by atoms with Crippen LogP contribution in [0.4, 0.5) is 10.6 Å². The number of pyridine rings is 1. The number of anilines is 1. The van der Waals surface area contributed by atoms with Crippen molar-refractivity contribution in [1.82, 2.24) is 4.98 Å². The van der Waals surface area contributed by atoms with E-state index in [4.69, 9.17) is 26.8 Å². The zero-order valence-corrected chi connectivity index (χ0v) is 18.5. The number of aromatic nitrogens is 1. The molecule has 8 heteroatoms. The van der Waals surface area contributed by atoms with Crippen molar-refractivity contribution >= 4 is 23.5 Å². The first-order valence-corrected chi connectivity index (χ1v) is 10.4. The van der Waals surface area contributed by atoms with Crippen LogP contribution in [0.5, 0.6) is 11.5 Å². The molecule has 0 spiro atoms. The molecule has 30 heavy (non-hydrogen) atoms. The van der Waals surface area contributed by atoms with Gasteiger partial charge in [0.1, 0.15) is 24.7 Å². The van der Waals surface area contributed by atoms with Crippen LogP contribution in [-0.4, -0.2) is 34.9 Å². The van der Waals surface area contributed by atoms with E-state index >= 15 is 0 Å². The Kier molecular flexibility index (Phi) is 6.43. The second kappa shape index (κ2) is 8.70. The van der Waals surface area contributed by atoms with E-state index in [0.717, 1.165) is 22.4 Å². The fourth-order valence-electron chi connectivity index (χ4n) is 3.80. The molecule has 0 aliphatic carbocycles. The maximum atomic E-state index is 11.5. The Hall–Kier alpha value is -2.51. The Labute approximate surface area is 181 Å². The number of amides is 1. The molecule has 3 rings (SSSR count). The molecule has 1 aliphatic rings. The zero-order valence-electron chi connectivity index (χ0n) is 17.7. The molecule has 1 unspecified atom stereocenters. The molecule has 1 atom stereocenters. The van der Waals surface area contributed by atoms with E-state index in [-0.39, 0.29) is 17.4 Å². The smallest absolute Gasteiger partial charge is 0.413 e. The summed E-state index contributed by atoms with van der Waals surface area (Å²) in [6.45, 7) is 8.96. The summed E-state index contributed by atoms with van der Waals surface area (Å²) >= 11 is 6.59. The number of ether oxygens (including phenoxy) is 2. The number of carboxylic acid groups (broad SMARTS) is 1. The number of nitrogens with zero attached hydrogens (tertiary/aromatic N) is 2. The van der Waals surface area contributed by atoms with Gasteiger partial charge in [0.15, 0.2) is 5.82 Å². The average Bonchev–Trinajstić information content (AvgIpc) is 2.67. The first kappa shape index (κ1) is 22.2. The maximum absolute atomic E-state index is 11.5. The van der Waals surface area contributed by atoms with Gasteiger partial charge in [0.25, 0.3) is 0 Å². The average molecular weight is 434 g/mol. The van der Waals surface area contributed by atoms with Crippen molar-refractivity contribution in [3.63, 3.8) is 0 Å². The third-order valence-electron chi connectivity index (χ3n) is 4.94. The highest BCUT2D eigenvalue weighted by Crippen LogP contribution is 2.45. The quantitative estimate of drug-likeness (QED) is 0.641. The Bertz CT molecular complexity index is 946. The number of rotatable bonds is 7. The van der Waals surface area contributed by atoms with Crippen LogP contribution in [0.25, 0.3) is 11.1 Å². The Morgan fingerprint density at radius 2 is 2.20 bits per heavy atom. The topological polar surface area (TPSA) is 97.9 Å². The van der Waals surface area contributed by atoms with Crippen LogP contribution in [-0.2, 0) is 6.61 Å². The van der Waals surface area contributed by atoms with Crippen molar-refractivity contribution in [1.29, 1.82) is 0 Å². The lowest BCUT2D eigenvalue weighted by molar-refractivity contribution is 0.202. The highest BCUT2D eigenvalue weighted by molar-refractivity contribution is 6.36. The van der Waals surface area contributed by atoms with Gasteiger partial charge >= 0.3 is 6.09 Å². The molecule has 0 saturated heterocycles. The van der Waals surface area contributed by atoms with Crippen LogP contribution in [0.3, 0.4) is 0 Å². The van der Waals surface area contributed by atoms with Crippen molar-refractivity contribution in [2.24, 2.45) is 11.7 Å². The van der Waals surface area contributed by atoms with Crippen LogP contribution < -0.4 is 20.1 Å². The molecule has 2 aromatic rings. The van der Waals surface area contributed by atoms with E-state index in [1.165, 1.54) is 6.20 Å². The van der Waals surface area contributed by atoms with Crippen LogP contribution in [0, 0.1) is 5.92 Å². The van der Waals surface area contributed by atoms with Crippen molar-refractivity contribution in [3.8, 4) is 22.6 Å². The summed E-state index contributed by atoms with van der Waals surface area (Å²) in [4.78, 5) is 16.8. The molecule has 1 aromatic carbocycles. The Balaban J connectivity index is 1.90. The third-order valence-corrected chi connectivity index (χ3v) is 5.30. The number of hydrogen-bond acceptors (Lipinski definition) is 5. The fourth-order valence-corrected chi connectivity index (χ4v) is 4.15. The summed E-state index contributed by atoms with van der Waals surface area (Å²) in [5.74, 6) is 1.90. The van der Waals surface area contributed by atoms with Crippen LogP contribution >= 0.6 is 11.6 Å². The molecule has 0 radical (unpaired) electrons. The van der Waals surface area contributed by atoms with E-state index in [2.05, 4.69) is 18.8 Å². The molecule has 2 heterocycles. The van der Waals surface area contributed by atoms with Crippen molar-refractivity contribution < 1.29 is 19.4 Å². The molecule has 3 N–H and O–H groups in total. The monoisotopic (exact) mass is 433 g/mol. The zero-order chi connectivity index (χ0) is 22.1. The van der Waals surface area contributed by atoms with Gasteiger partial charge in [0, 0.05) is 23.2 Å². The normalized spacial score (nSPS) is 14.4. The molecule has 0 bridgehead atoms. The number of carbonyl (C=O) groups is 1. The minimum Gasteiger partial charge on any atom is -0.492 e. The Morgan fingerprint density at radius 1 is 1.47 bits per heavy atom. The molecule has 1 aromatic heterocycles. The van der Waals surface area contributed by atoms with E-state index in [1.807, 2.05) is 25.1 Å². The summed E-state index contributed by atoms with van der Waals surface area (Å²) in [6.07, 6.45) is 1.26. The van der Waals surface area contributed by atoms with Crippen LogP contribution in [0.2, 0.25) is 5.02 Å². The summed E-state index contributed by atoms with van der Waals surface area (Å²) in [5.41, 5.74) is 8.33. The summed E-state index contributed by atoms with van der Waals surface area (Å²) in [6, 6.07) is 5.69. The van der Waals surface area contributed by atoms with Crippen molar-refractivity contribution in [3.05, 3.63) is 35.0 Å². The van der Waals surface area contributed by atoms with E-state index in [9.17, 15) is 9.90 Å². The minimum absolute atomic E-state index is 0.190. The van der Waals surface area contributed by atoms with Gasteiger partial charge in [-0.1, -0.05) is 31.5 Å². The lowest BCUT2D eigenvalue weighted by Crippen LogP contribution is -2.43. The highest BCUT2D eigenvalue weighted by Gasteiger charge is 2.27. The van der Waals surface area contributed by atoms with Gasteiger partial charge in [-0.25, -0.2) is 9.78 Å². The van der Waals surface area contributed by atoms with Gasteiger partial charge in [0.05, 0.1) is 11.2 Å². The maximum Gasteiger partial charge on any atom is 0.413 e. The second-order valence-corrected chi connectivity index (χ2v) is 8.69. The van der Waals surface area contributed by atoms with E-state index < -0.39 is 11.6 Å². The molecule has 1 aliphatic heterocycles. The van der Waals surface area contributed by atoms with Crippen LogP contribution in [0.1, 0.15) is 39.7 Å². The number of fused-ring (bicyclic) bond motifs is 3. The molecule has 0 fully saturated rings.